The summed E-state index contributed by atoms with van der Waals surface area (Å²) >= 11 is 0. The van der Waals surface area contributed by atoms with Gasteiger partial charge in [-0.05, 0) is 44.0 Å². The lowest BCUT2D eigenvalue weighted by molar-refractivity contribution is -0.141. The summed E-state index contributed by atoms with van der Waals surface area (Å²) in [5, 5.41) is 9.13. The highest BCUT2D eigenvalue weighted by Crippen LogP contribution is 2.30. The van der Waals surface area contributed by atoms with E-state index in [1.54, 1.807) is 6.07 Å². The molecule has 0 bridgehead atoms. The van der Waals surface area contributed by atoms with Gasteiger partial charge < -0.3 is 15.7 Å². The highest BCUT2D eigenvalue weighted by atomic mass is 16.4. The maximum absolute atomic E-state index is 11.2. The van der Waals surface area contributed by atoms with Crippen LogP contribution in [0.3, 0.4) is 0 Å². The van der Waals surface area contributed by atoms with Crippen molar-refractivity contribution in [3.8, 4) is 0 Å². The zero-order valence-electron chi connectivity index (χ0n) is 11.1. The Morgan fingerprint density at radius 1 is 1.42 bits per heavy atom. The average Bonchev–Trinajstić information content (AvgIpc) is 2.70. The van der Waals surface area contributed by atoms with Crippen molar-refractivity contribution >= 4 is 17.6 Å². The van der Waals surface area contributed by atoms with E-state index in [1.807, 2.05) is 26.0 Å². The smallest absolute Gasteiger partial charge is 0.308 e. The van der Waals surface area contributed by atoms with Crippen molar-refractivity contribution in [2.24, 2.45) is 11.7 Å². The van der Waals surface area contributed by atoms with Gasteiger partial charge in [0.15, 0.2) is 0 Å². The number of carboxylic acids is 1. The fourth-order valence-corrected chi connectivity index (χ4v) is 2.74. The maximum atomic E-state index is 11.2. The van der Waals surface area contributed by atoms with Gasteiger partial charge in [-0.3, -0.25) is 9.59 Å². The van der Waals surface area contributed by atoms with E-state index in [-0.39, 0.29) is 12.0 Å². The van der Waals surface area contributed by atoms with Crippen molar-refractivity contribution < 1.29 is 14.7 Å². The minimum atomic E-state index is -0.750. The molecule has 102 valence electrons. The zero-order valence-corrected chi connectivity index (χ0v) is 11.1. The van der Waals surface area contributed by atoms with E-state index in [4.69, 9.17) is 10.8 Å². The molecule has 1 aliphatic rings. The maximum Gasteiger partial charge on any atom is 0.308 e. The van der Waals surface area contributed by atoms with Crippen LogP contribution in [0.1, 0.15) is 29.3 Å². The summed E-state index contributed by atoms with van der Waals surface area (Å²) in [5.74, 6) is -1.53. The number of carbonyl (C=O) groups is 2. The highest BCUT2D eigenvalue weighted by molar-refractivity contribution is 5.94. The molecule has 1 aromatic rings. The monoisotopic (exact) mass is 262 g/mol. The van der Waals surface area contributed by atoms with E-state index in [0.717, 1.165) is 11.3 Å². The Bertz CT molecular complexity index is 527. The molecule has 5 heteroatoms. The molecule has 0 aromatic heterocycles. The Morgan fingerprint density at radius 3 is 2.58 bits per heavy atom. The number of amides is 1. The zero-order chi connectivity index (χ0) is 14.2. The second-order valence-electron chi connectivity index (χ2n) is 5.03. The first-order valence-corrected chi connectivity index (χ1v) is 6.31. The Hall–Kier alpha value is -2.04. The van der Waals surface area contributed by atoms with Crippen LogP contribution in [0.15, 0.2) is 18.2 Å². The molecule has 1 saturated heterocycles. The first kappa shape index (κ1) is 13.4. The average molecular weight is 262 g/mol. The van der Waals surface area contributed by atoms with Crippen LogP contribution in [0, 0.1) is 12.8 Å². The van der Waals surface area contributed by atoms with Crippen LogP contribution in [0.4, 0.5) is 5.69 Å². The third kappa shape index (κ3) is 2.41. The van der Waals surface area contributed by atoms with Crippen molar-refractivity contribution in [1.82, 2.24) is 0 Å². The normalized spacial score (nSPS) is 22.5. The SMILES string of the molecule is Cc1cc(N2CCC(C(=O)O)C2C)ccc1C(N)=O. The Morgan fingerprint density at radius 2 is 2.11 bits per heavy atom. The summed E-state index contributed by atoms with van der Waals surface area (Å²) in [6.07, 6.45) is 0.646. The Kier molecular flexibility index (Phi) is 3.46. The Balaban J connectivity index is 2.27. The lowest BCUT2D eigenvalue weighted by Crippen LogP contribution is -2.33. The number of carbonyl (C=O) groups excluding carboxylic acids is 1. The van der Waals surface area contributed by atoms with Gasteiger partial charge in [0.1, 0.15) is 0 Å². The molecule has 1 aromatic carbocycles. The number of nitrogens with two attached hydrogens (primary N) is 1. The molecule has 3 N–H and O–H groups in total. The lowest BCUT2D eigenvalue weighted by Gasteiger charge is -2.26. The van der Waals surface area contributed by atoms with Crippen molar-refractivity contribution in [2.75, 3.05) is 11.4 Å². The number of nitrogens with zero attached hydrogens (tertiary/aromatic N) is 1. The molecule has 0 saturated carbocycles. The minimum absolute atomic E-state index is 0.0451. The van der Waals surface area contributed by atoms with Crippen molar-refractivity contribution in [1.29, 1.82) is 0 Å². The summed E-state index contributed by atoms with van der Waals surface area (Å²) in [4.78, 5) is 24.4. The van der Waals surface area contributed by atoms with Gasteiger partial charge in [-0.1, -0.05) is 0 Å². The third-order valence-electron chi connectivity index (χ3n) is 3.88. The van der Waals surface area contributed by atoms with E-state index in [1.165, 1.54) is 0 Å². The number of hydrogen-bond donors (Lipinski definition) is 2. The van der Waals surface area contributed by atoms with Crippen LogP contribution in [0.2, 0.25) is 0 Å². The van der Waals surface area contributed by atoms with Gasteiger partial charge in [0.2, 0.25) is 5.91 Å². The molecule has 1 amide bonds. The molecule has 5 nitrogen and oxygen atoms in total. The molecular formula is C14H18N2O3. The molecule has 1 fully saturated rings. The van der Waals surface area contributed by atoms with Crippen LogP contribution < -0.4 is 10.6 Å². The number of aryl methyl sites for hydroxylation is 1. The van der Waals surface area contributed by atoms with Crippen LogP contribution in [0.5, 0.6) is 0 Å². The summed E-state index contributed by atoms with van der Waals surface area (Å²) in [7, 11) is 0. The van der Waals surface area contributed by atoms with Gasteiger partial charge in [0.05, 0.1) is 5.92 Å². The number of benzene rings is 1. The molecule has 19 heavy (non-hydrogen) atoms. The van der Waals surface area contributed by atoms with Gasteiger partial charge in [-0.2, -0.15) is 0 Å². The molecule has 1 heterocycles. The minimum Gasteiger partial charge on any atom is -0.481 e. The largest absolute Gasteiger partial charge is 0.481 e. The standard InChI is InChI=1S/C14H18N2O3/c1-8-7-10(3-4-11(8)13(15)17)16-6-5-12(9(16)2)14(18)19/h3-4,7,9,12H,5-6H2,1-2H3,(H2,15,17)(H,18,19). The number of primary amides is 1. The van der Waals surface area contributed by atoms with E-state index < -0.39 is 11.9 Å². The van der Waals surface area contributed by atoms with Gasteiger partial charge in [-0.15, -0.1) is 0 Å². The summed E-state index contributed by atoms with van der Waals surface area (Å²) in [6.45, 7) is 4.47. The number of aliphatic carboxylic acids is 1. The predicted octanol–water partition coefficient (Wildman–Crippen LogP) is 1.39. The number of rotatable bonds is 3. The molecular weight excluding hydrogens is 244 g/mol. The number of anilines is 1. The van der Waals surface area contributed by atoms with Crippen LogP contribution in [-0.4, -0.2) is 29.6 Å². The van der Waals surface area contributed by atoms with E-state index in [9.17, 15) is 9.59 Å². The highest BCUT2D eigenvalue weighted by Gasteiger charge is 2.35. The second kappa shape index (κ2) is 4.91. The molecule has 0 spiro atoms. The summed E-state index contributed by atoms with van der Waals surface area (Å²) in [5.41, 5.74) is 7.54. The number of carboxylic acid groups (broad SMARTS) is 1. The molecule has 1 aliphatic heterocycles. The second-order valence-corrected chi connectivity index (χ2v) is 5.03. The van der Waals surface area contributed by atoms with Crippen LogP contribution >= 0.6 is 0 Å². The van der Waals surface area contributed by atoms with Crippen molar-refractivity contribution in [3.63, 3.8) is 0 Å². The van der Waals surface area contributed by atoms with Crippen LogP contribution in [-0.2, 0) is 4.79 Å². The predicted molar refractivity (Wildman–Crippen MR) is 72.2 cm³/mol. The number of hydrogen-bond acceptors (Lipinski definition) is 3. The third-order valence-corrected chi connectivity index (χ3v) is 3.88. The molecule has 2 atom stereocenters. The molecule has 2 rings (SSSR count). The van der Waals surface area contributed by atoms with E-state index in [2.05, 4.69) is 4.90 Å². The summed E-state index contributed by atoms with van der Waals surface area (Å²) < 4.78 is 0. The van der Waals surface area contributed by atoms with Gasteiger partial charge in [0, 0.05) is 23.8 Å². The van der Waals surface area contributed by atoms with Crippen molar-refractivity contribution in [3.05, 3.63) is 29.3 Å². The summed E-state index contributed by atoms with van der Waals surface area (Å²) in [6, 6.07) is 5.37. The molecule has 2 unspecified atom stereocenters. The van der Waals surface area contributed by atoms with E-state index >= 15 is 0 Å². The van der Waals surface area contributed by atoms with Gasteiger partial charge >= 0.3 is 5.97 Å². The van der Waals surface area contributed by atoms with Crippen molar-refractivity contribution in [2.45, 2.75) is 26.3 Å². The topological polar surface area (TPSA) is 83.6 Å². The van der Waals surface area contributed by atoms with Gasteiger partial charge in [-0.25, -0.2) is 0 Å². The fourth-order valence-electron chi connectivity index (χ4n) is 2.74. The van der Waals surface area contributed by atoms with Gasteiger partial charge in [0.25, 0.3) is 0 Å². The first-order chi connectivity index (χ1) is 8.91. The fraction of sp³-hybridized carbons (Fsp3) is 0.429. The molecule has 0 radical (unpaired) electrons. The van der Waals surface area contributed by atoms with E-state index in [0.29, 0.717) is 18.5 Å². The lowest BCUT2D eigenvalue weighted by atomic mass is 10.0. The quantitative estimate of drug-likeness (QED) is 0.862. The Labute approximate surface area is 112 Å². The molecule has 0 aliphatic carbocycles. The van der Waals surface area contributed by atoms with Crippen LogP contribution in [0.25, 0.3) is 0 Å². The first-order valence-electron chi connectivity index (χ1n) is 6.31.